The van der Waals surface area contributed by atoms with Gasteiger partial charge in [0, 0.05) is 25.7 Å². The normalized spacial score (nSPS) is 20.4. The van der Waals surface area contributed by atoms with E-state index in [1.165, 1.54) is 0 Å². The van der Waals surface area contributed by atoms with Crippen molar-refractivity contribution in [2.75, 3.05) is 33.8 Å². The van der Waals surface area contributed by atoms with E-state index in [1.807, 2.05) is 29.2 Å². The first-order valence-electron chi connectivity index (χ1n) is 6.71. The zero-order valence-electron chi connectivity index (χ0n) is 11.9. The molecular formula is C15H22N2O2. The van der Waals surface area contributed by atoms with Gasteiger partial charge in [-0.3, -0.25) is 4.79 Å². The molecule has 1 aromatic rings. The van der Waals surface area contributed by atoms with Crippen molar-refractivity contribution in [3.8, 4) is 5.75 Å². The van der Waals surface area contributed by atoms with E-state index in [-0.39, 0.29) is 5.91 Å². The first kappa shape index (κ1) is 13.9. The van der Waals surface area contributed by atoms with E-state index in [0.717, 1.165) is 30.9 Å². The standard InChI is InChI=1S/C15H22N2O2/c1-12-11-17(8-7-16(12)2)15(18)10-13-5-4-6-14(9-13)19-3/h4-6,9,12H,7-8,10-11H2,1-3H3. The number of hydrogen-bond acceptors (Lipinski definition) is 3. The van der Waals surface area contributed by atoms with Crippen molar-refractivity contribution in [2.45, 2.75) is 19.4 Å². The summed E-state index contributed by atoms with van der Waals surface area (Å²) in [5.74, 6) is 1.00. The van der Waals surface area contributed by atoms with Crippen molar-refractivity contribution in [3.05, 3.63) is 29.8 Å². The molecule has 0 aliphatic carbocycles. The van der Waals surface area contributed by atoms with Gasteiger partial charge in [-0.2, -0.15) is 0 Å². The molecule has 1 fully saturated rings. The maximum Gasteiger partial charge on any atom is 0.227 e. The van der Waals surface area contributed by atoms with Crippen LogP contribution in [0.5, 0.6) is 5.75 Å². The van der Waals surface area contributed by atoms with Crippen LogP contribution in [-0.4, -0.2) is 55.5 Å². The van der Waals surface area contributed by atoms with Crippen molar-refractivity contribution in [2.24, 2.45) is 0 Å². The maximum absolute atomic E-state index is 12.3. The topological polar surface area (TPSA) is 32.8 Å². The predicted molar refractivity (Wildman–Crippen MR) is 75.4 cm³/mol. The number of piperazine rings is 1. The number of carbonyl (C=O) groups excluding carboxylic acids is 1. The van der Waals surface area contributed by atoms with Crippen LogP contribution in [0.3, 0.4) is 0 Å². The first-order chi connectivity index (χ1) is 9.10. The summed E-state index contributed by atoms with van der Waals surface area (Å²) >= 11 is 0. The number of nitrogens with zero attached hydrogens (tertiary/aromatic N) is 2. The van der Waals surface area contributed by atoms with Crippen LogP contribution < -0.4 is 4.74 Å². The maximum atomic E-state index is 12.3. The first-order valence-corrected chi connectivity index (χ1v) is 6.71. The molecule has 1 atom stereocenters. The summed E-state index contributed by atoms with van der Waals surface area (Å²) in [6.07, 6.45) is 0.452. The molecule has 1 aromatic carbocycles. The van der Waals surface area contributed by atoms with Crippen molar-refractivity contribution in [1.82, 2.24) is 9.80 Å². The van der Waals surface area contributed by atoms with Gasteiger partial charge in [0.25, 0.3) is 0 Å². The molecule has 1 saturated heterocycles. The number of amides is 1. The molecule has 1 amide bonds. The highest BCUT2D eigenvalue weighted by atomic mass is 16.5. The molecule has 1 aliphatic heterocycles. The molecule has 0 bridgehead atoms. The second-order valence-corrected chi connectivity index (χ2v) is 5.20. The van der Waals surface area contributed by atoms with Crippen LogP contribution in [-0.2, 0) is 11.2 Å². The summed E-state index contributed by atoms with van der Waals surface area (Å²) in [5, 5.41) is 0. The average molecular weight is 262 g/mol. The van der Waals surface area contributed by atoms with Gasteiger partial charge in [-0.25, -0.2) is 0 Å². The fourth-order valence-corrected chi connectivity index (χ4v) is 2.34. The summed E-state index contributed by atoms with van der Waals surface area (Å²) in [4.78, 5) is 16.5. The van der Waals surface area contributed by atoms with Crippen LogP contribution in [0.1, 0.15) is 12.5 Å². The van der Waals surface area contributed by atoms with Gasteiger partial charge in [0.05, 0.1) is 13.5 Å². The Morgan fingerprint density at radius 3 is 2.89 bits per heavy atom. The fourth-order valence-electron chi connectivity index (χ4n) is 2.34. The zero-order valence-corrected chi connectivity index (χ0v) is 11.9. The van der Waals surface area contributed by atoms with Gasteiger partial charge in [0.2, 0.25) is 5.91 Å². The Kier molecular flexibility index (Phi) is 4.43. The molecule has 2 rings (SSSR count). The molecule has 1 heterocycles. The third-order valence-electron chi connectivity index (χ3n) is 3.80. The van der Waals surface area contributed by atoms with E-state index in [4.69, 9.17) is 4.74 Å². The minimum Gasteiger partial charge on any atom is -0.497 e. The number of ether oxygens (including phenoxy) is 1. The molecule has 104 valence electrons. The molecule has 0 aromatic heterocycles. The van der Waals surface area contributed by atoms with Crippen LogP contribution >= 0.6 is 0 Å². The van der Waals surface area contributed by atoms with Gasteiger partial charge in [-0.15, -0.1) is 0 Å². The molecule has 4 heteroatoms. The molecule has 1 unspecified atom stereocenters. The van der Waals surface area contributed by atoms with E-state index < -0.39 is 0 Å². The van der Waals surface area contributed by atoms with Crippen LogP contribution in [0.25, 0.3) is 0 Å². The summed E-state index contributed by atoms with van der Waals surface area (Å²) in [7, 11) is 3.75. The van der Waals surface area contributed by atoms with Crippen LogP contribution in [0, 0.1) is 0 Å². The summed E-state index contributed by atoms with van der Waals surface area (Å²) in [6, 6.07) is 8.15. The second kappa shape index (κ2) is 6.06. The third kappa shape index (κ3) is 3.47. The van der Waals surface area contributed by atoms with Crippen molar-refractivity contribution in [1.29, 1.82) is 0 Å². The van der Waals surface area contributed by atoms with Gasteiger partial charge in [-0.1, -0.05) is 12.1 Å². The van der Waals surface area contributed by atoms with Crippen molar-refractivity contribution >= 4 is 5.91 Å². The Morgan fingerprint density at radius 1 is 1.42 bits per heavy atom. The molecule has 1 aliphatic rings. The predicted octanol–water partition coefficient (Wildman–Crippen LogP) is 1.40. The fraction of sp³-hybridized carbons (Fsp3) is 0.533. The average Bonchev–Trinajstić information content (AvgIpc) is 2.42. The minimum absolute atomic E-state index is 0.202. The Morgan fingerprint density at radius 2 is 2.21 bits per heavy atom. The summed E-state index contributed by atoms with van der Waals surface area (Å²) < 4.78 is 5.18. The lowest BCUT2D eigenvalue weighted by Gasteiger charge is -2.37. The minimum atomic E-state index is 0.202. The molecule has 0 saturated carbocycles. The Labute approximate surface area is 115 Å². The van der Waals surface area contributed by atoms with Gasteiger partial charge in [-0.05, 0) is 31.7 Å². The molecule has 0 N–H and O–H groups in total. The second-order valence-electron chi connectivity index (χ2n) is 5.20. The van der Waals surface area contributed by atoms with E-state index >= 15 is 0 Å². The van der Waals surface area contributed by atoms with E-state index in [9.17, 15) is 4.79 Å². The monoisotopic (exact) mass is 262 g/mol. The van der Waals surface area contributed by atoms with Gasteiger partial charge >= 0.3 is 0 Å². The van der Waals surface area contributed by atoms with E-state index in [0.29, 0.717) is 12.5 Å². The highest BCUT2D eigenvalue weighted by Gasteiger charge is 2.24. The molecule has 0 spiro atoms. The van der Waals surface area contributed by atoms with E-state index in [1.54, 1.807) is 7.11 Å². The highest BCUT2D eigenvalue weighted by Crippen LogP contribution is 2.15. The third-order valence-corrected chi connectivity index (χ3v) is 3.80. The number of benzene rings is 1. The number of rotatable bonds is 3. The van der Waals surface area contributed by atoms with Crippen LogP contribution in [0.4, 0.5) is 0 Å². The number of methoxy groups -OCH3 is 1. The SMILES string of the molecule is COc1cccc(CC(=O)N2CCN(C)C(C)C2)c1. The zero-order chi connectivity index (χ0) is 13.8. The summed E-state index contributed by atoms with van der Waals surface area (Å²) in [6.45, 7) is 4.75. The van der Waals surface area contributed by atoms with Crippen LogP contribution in [0.15, 0.2) is 24.3 Å². The molecule has 0 radical (unpaired) electrons. The van der Waals surface area contributed by atoms with Gasteiger partial charge < -0.3 is 14.5 Å². The Bertz CT molecular complexity index is 448. The number of carbonyl (C=O) groups is 1. The molecule has 4 nitrogen and oxygen atoms in total. The van der Waals surface area contributed by atoms with Crippen molar-refractivity contribution < 1.29 is 9.53 Å². The van der Waals surface area contributed by atoms with Gasteiger partial charge in [0.15, 0.2) is 0 Å². The van der Waals surface area contributed by atoms with E-state index in [2.05, 4.69) is 18.9 Å². The Balaban J connectivity index is 1.97. The summed E-state index contributed by atoms with van der Waals surface area (Å²) in [5.41, 5.74) is 1.01. The molecule has 19 heavy (non-hydrogen) atoms. The number of hydrogen-bond donors (Lipinski definition) is 0. The number of likely N-dealkylation sites (N-methyl/N-ethyl adjacent to an activating group) is 1. The quantitative estimate of drug-likeness (QED) is 0.825. The molecular weight excluding hydrogens is 240 g/mol. The van der Waals surface area contributed by atoms with Crippen LogP contribution in [0.2, 0.25) is 0 Å². The van der Waals surface area contributed by atoms with Crippen molar-refractivity contribution in [3.63, 3.8) is 0 Å². The van der Waals surface area contributed by atoms with Gasteiger partial charge in [0.1, 0.15) is 5.75 Å². The Hall–Kier alpha value is -1.55. The smallest absolute Gasteiger partial charge is 0.227 e. The lowest BCUT2D eigenvalue weighted by molar-refractivity contribution is -0.133. The highest BCUT2D eigenvalue weighted by molar-refractivity contribution is 5.79. The lowest BCUT2D eigenvalue weighted by atomic mass is 10.1. The largest absolute Gasteiger partial charge is 0.497 e. The lowest BCUT2D eigenvalue weighted by Crippen LogP contribution is -2.52.